The largest absolute Gasteiger partial charge is 0.489 e. The first-order chi connectivity index (χ1) is 9.65. The Balaban J connectivity index is 1.72. The van der Waals surface area contributed by atoms with Gasteiger partial charge in [0.2, 0.25) is 5.91 Å². The van der Waals surface area contributed by atoms with E-state index >= 15 is 0 Å². The molecule has 0 aliphatic carbocycles. The highest BCUT2D eigenvalue weighted by Crippen LogP contribution is 2.14. The molecule has 110 valence electrons. The molecule has 1 heterocycles. The Labute approximate surface area is 120 Å². The van der Waals surface area contributed by atoms with Gasteiger partial charge in [0.25, 0.3) is 0 Å². The number of amides is 1. The molecule has 20 heavy (non-hydrogen) atoms. The van der Waals surface area contributed by atoms with Crippen LogP contribution in [-0.2, 0) is 4.79 Å². The molecule has 0 aromatic heterocycles. The number of piperidine rings is 1. The minimum absolute atomic E-state index is 0.0247. The second-order valence-electron chi connectivity index (χ2n) is 5.51. The van der Waals surface area contributed by atoms with Crippen LogP contribution >= 0.6 is 0 Å². The number of ether oxygens (including phenoxy) is 1. The second kappa shape index (κ2) is 7.29. The van der Waals surface area contributed by atoms with Crippen molar-refractivity contribution in [2.24, 2.45) is 5.92 Å². The normalized spacial score (nSPS) is 17.5. The zero-order valence-corrected chi connectivity index (χ0v) is 12.3. The Morgan fingerprint density at radius 2 is 2.00 bits per heavy atom. The van der Waals surface area contributed by atoms with Crippen molar-refractivity contribution < 1.29 is 9.53 Å². The summed E-state index contributed by atoms with van der Waals surface area (Å²) >= 11 is 0. The smallest absolute Gasteiger partial charge is 0.223 e. The number of hydrogen-bond acceptors (Lipinski definition) is 3. The first-order valence-electron chi connectivity index (χ1n) is 7.37. The number of benzene rings is 1. The zero-order valence-electron chi connectivity index (χ0n) is 12.3. The van der Waals surface area contributed by atoms with E-state index in [0.29, 0.717) is 6.54 Å². The van der Waals surface area contributed by atoms with Crippen molar-refractivity contribution >= 4 is 5.91 Å². The summed E-state index contributed by atoms with van der Waals surface area (Å²) in [5.74, 6) is 1.16. The molecule has 1 fully saturated rings. The van der Waals surface area contributed by atoms with Gasteiger partial charge in [-0.05, 0) is 51.9 Å². The van der Waals surface area contributed by atoms with Crippen LogP contribution in [0.3, 0.4) is 0 Å². The summed E-state index contributed by atoms with van der Waals surface area (Å²) in [6.45, 7) is 6.45. The molecule has 0 spiro atoms. The van der Waals surface area contributed by atoms with Gasteiger partial charge in [0.1, 0.15) is 11.9 Å². The number of carbonyl (C=O) groups is 1. The van der Waals surface area contributed by atoms with Gasteiger partial charge in [0.05, 0.1) is 6.54 Å². The van der Waals surface area contributed by atoms with Gasteiger partial charge in [-0.15, -0.1) is 0 Å². The van der Waals surface area contributed by atoms with Crippen molar-refractivity contribution in [2.45, 2.75) is 32.8 Å². The molecule has 1 aromatic carbocycles. The fourth-order valence-electron chi connectivity index (χ4n) is 2.36. The first-order valence-corrected chi connectivity index (χ1v) is 7.37. The Morgan fingerprint density at radius 3 is 2.65 bits per heavy atom. The monoisotopic (exact) mass is 276 g/mol. The van der Waals surface area contributed by atoms with Gasteiger partial charge in [-0.1, -0.05) is 17.7 Å². The lowest BCUT2D eigenvalue weighted by Crippen LogP contribution is -2.41. The summed E-state index contributed by atoms with van der Waals surface area (Å²) in [5.41, 5.74) is 1.21. The molecule has 1 aromatic rings. The van der Waals surface area contributed by atoms with Crippen molar-refractivity contribution in [3.8, 4) is 5.75 Å². The SMILES string of the molecule is Cc1ccc(OC(C)CNC(=O)C2CCNCC2)cc1. The number of rotatable bonds is 5. The third-order valence-corrected chi connectivity index (χ3v) is 3.63. The van der Waals surface area contributed by atoms with Crippen molar-refractivity contribution in [1.82, 2.24) is 10.6 Å². The third-order valence-electron chi connectivity index (χ3n) is 3.63. The summed E-state index contributed by atoms with van der Waals surface area (Å²) in [7, 11) is 0. The molecule has 0 radical (unpaired) electrons. The number of hydrogen-bond donors (Lipinski definition) is 2. The number of nitrogens with one attached hydrogen (secondary N) is 2. The average molecular weight is 276 g/mol. The van der Waals surface area contributed by atoms with E-state index in [0.717, 1.165) is 31.7 Å². The van der Waals surface area contributed by atoms with Crippen LogP contribution in [0.2, 0.25) is 0 Å². The van der Waals surface area contributed by atoms with Crippen molar-refractivity contribution in [3.63, 3.8) is 0 Å². The molecule has 1 aliphatic heterocycles. The minimum Gasteiger partial charge on any atom is -0.489 e. The molecule has 1 aliphatic rings. The fraction of sp³-hybridized carbons (Fsp3) is 0.562. The fourth-order valence-corrected chi connectivity index (χ4v) is 2.36. The molecule has 1 saturated heterocycles. The highest BCUT2D eigenvalue weighted by molar-refractivity contribution is 5.78. The van der Waals surface area contributed by atoms with E-state index in [4.69, 9.17) is 4.74 Å². The summed E-state index contributed by atoms with van der Waals surface area (Å²) < 4.78 is 5.78. The molecule has 1 amide bonds. The van der Waals surface area contributed by atoms with Gasteiger partial charge >= 0.3 is 0 Å². The standard InChI is InChI=1S/C16H24N2O2/c1-12-3-5-15(6-4-12)20-13(2)11-18-16(19)14-7-9-17-10-8-14/h3-6,13-14,17H,7-11H2,1-2H3,(H,18,19). The minimum atomic E-state index is -0.0247. The van der Waals surface area contributed by atoms with Gasteiger partial charge in [0, 0.05) is 5.92 Å². The van der Waals surface area contributed by atoms with E-state index in [-0.39, 0.29) is 17.9 Å². The second-order valence-corrected chi connectivity index (χ2v) is 5.51. The highest BCUT2D eigenvalue weighted by Gasteiger charge is 2.20. The molecule has 4 heteroatoms. The van der Waals surface area contributed by atoms with Gasteiger partial charge in [-0.25, -0.2) is 0 Å². The zero-order chi connectivity index (χ0) is 14.4. The van der Waals surface area contributed by atoms with E-state index in [1.165, 1.54) is 5.56 Å². The van der Waals surface area contributed by atoms with Crippen LogP contribution in [0.15, 0.2) is 24.3 Å². The molecular formula is C16H24N2O2. The van der Waals surface area contributed by atoms with Crippen molar-refractivity contribution in [2.75, 3.05) is 19.6 Å². The van der Waals surface area contributed by atoms with Gasteiger partial charge in [-0.3, -0.25) is 4.79 Å². The maximum absolute atomic E-state index is 12.0. The molecule has 0 bridgehead atoms. The van der Waals surface area contributed by atoms with Crippen LogP contribution in [0.5, 0.6) is 5.75 Å². The molecule has 2 rings (SSSR count). The summed E-state index contributed by atoms with van der Waals surface area (Å²) in [4.78, 5) is 12.0. The summed E-state index contributed by atoms with van der Waals surface area (Å²) in [6.07, 6.45) is 1.83. The Bertz CT molecular complexity index is 425. The number of carbonyl (C=O) groups excluding carboxylic acids is 1. The van der Waals surface area contributed by atoms with Crippen molar-refractivity contribution in [3.05, 3.63) is 29.8 Å². The first kappa shape index (κ1) is 14.9. The van der Waals surface area contributed by atoms with E-state index in [9.17, 15) is 4.79 Å². The Kier molecular flexibility index (Phi) is 5.41. The third kappa shape index (κ3) is 4.53. The van der Waals surface area contributed by atoms with Crippen molar-refractivity contribution in [1.29, 1.82) is 0 Å². The van der Waals surface area contributed by atoms with Gasteiger partial charge in [-0.2, -0.15) is 0 Å². The number of aryl methyl sites for hydroxylation is 1. The van der Waals surface area contributed by atoms with Gasteiger partial charge < -0.3 is 15.4 Å². The quantitative estimate of drug-likeness (QED) is 0.863. The van der Waals surface area contributed by atoms with Crippen LogP contribution in [0, 0.1) is 12.8 Å². The lowest BCUT2D eigenvalue weighted by atomic mass is 9.97. The van der Waals surface area contributed by atoms with E-state index in [1.54, 1.807) is 0 Å². The molecule has 0 saturated carbocycles. The molecule has 4 nitrogen and oxygen atoms in total. The maximum atomic E-state index is 12.0. The van der Waals surface area contributed by atoms with E-state index in [1.807, 2.05) is 38.1 Å². The predicted molar refractivity (Wildman–Crippen MR) is 79.9 cm³/mol. The predicted octanol–water partition coefficient (Wildman–Crippen LogP) is 1.88. The summed E-state index contributed by atoms with van der Waals surface area (Å²) in [6, 6.07) is 7.96. The topological polar surface area (TPSA) is 50.4 Å². The lowest BCUT2D eigenvalue weighted by molar-refractivity contribution is -0.126. The Hall–Kier alpha value is -1.55. The molecule has 2 N–H and O–H groups in total. The van der Waals surface area contributed by atoms with Crippen LogP contribution in [0.4, 0.5) is 0 Å². The van der Waals surface area contributed by atoms with Crippen LogP contribution in [0.25, 0.3) is 0 Å². The van der Waals surface area contributed by atoms with Crippen LogP contribution in [-0.4, -0.2) is 31.6 Å². The van der Waals surface area contributed by atoms with E-state index < -0.39 is 0 Å². The maximum Gasteiger partial charge on any atom is 0.223 e. The summed E-state index contributed by atoms with van der Waals surface area (Å²) in [5, 5.41) is 6.26. The average Bonchev–Trinajstić information content (AvgIpc) is 2.48. The Morgan fingerprint density at radius 1 is 1.35 bits per heavy atom. The lowest BCUT2D eigenvalue weighted by Gasteiger charge is -2.23. The van der Waals surface area contributed by atoms with Gasteiger partial charge in [0.15, 0.2) is 0 Å². The molecular weight excluding hydrogens is 252 g/mol. The van der Waals surface area contributed by atoms with Crippen LogP contribution < -0.4 is 15.4 Å². The van der Waals surface area contributed by atoms with E-state index in [2.05, 4.69) is 10.6 Å². The highest BCUT2D eigenvalue weighted by atomic mass is 16.5. The molecule has 1 unspecified atom stereocenters. The van der Waals surface area contributed by atoms with Crippen LogP contribution in [0.1, 0.15) is 25.3 Å². The molecule has 1 atom stereocenters.